The van der Waals surface area contributed by atoms with E-state index >= 15 is 0 Å². The maximum atomic E-state index is 5.98. The van der Waals surface area contributed by atoms with Crippen LogP contribution in [0.1, 0.15) is 60.3 Å². The lowest BCUT2D eigenvalue weighted by molar-refractivity contribution is -0.0399. The molecule has 0 saturated heterocycles. The van der Waals surface area contributed by atoms with Gasteiger partial charge < -0.3 is 10.1 Å². The fraction of sp³-hybridized carbons (Fsp3) is 1.00. The van der Waals surface area contributed by atoms with Crippen LogP contribution in [0, 0.1) is 5.92 Å². The lowest BCUT2D eigenvalue weighted by atomic mass is 10.0. The Morgan fingerprint density at radius 2 is 1.81 bits per heavy atom. The Kier molecular flexibility index (Phi) is 8.04. The smallest absolute Gasteiger partial charge is 0.0626 e. The van der Waals surface area contributed by atoms with E-state index in [9.17, 15) is 0 Å². The Labute approximate surface area is 102 Å². The third kappa shape index (κ3) is 8.12. The number of rotatable bonds is 9. The number of nitrogens with one attached hydrogen (secondary N) is 1. The summed E-state index contributed by atoms with van der Waals surface area (Å²) in [5.74, 6) is 0.659. The minimum Gasteiger partial charge on any atom is -0.375 e. The van der Waals surface area contributed by atoms with E-state index in [0.29, 0.717) is 12.0 Å². The van der Waals surface area contributed by atoms with Crippen LogP contribution >= 0.6 is 0 Å². The Balaban J connectivity index is 3.67. The first-order valence-electron chi connectivity index (χ1n) is 6.72. The Morgan fingerprint density at radius 3 is 2.31 bits per heavy atom. The monoisotopic (exact) mass is 229 g/mol. The maximum absolute atomic E-state index is 5.98. The van der Waals surface area contributed by atoms with Crippen LogP contribution in [0.25, 0.3) is 0 Å². The van der Waals surface area contributed by atoms with Gasteiger partial charge in [0, 0.05) is 12.6 Å². The Hall–Kier alpha value is -0.0800. The van der Waals surface area contributed by atoms with Crippen LogP contribution in [-0.4, -0.2) is 25.3 Å². The van der Waals surface area contributed by atoms with Crippen molar-refractivity contribution in [2.24, 2.45) is 5.92 Å². The predicted molar refractivity (Wildman–Crippen MR) is 71.9 cm³/mol. The minimum absolute atomic E-state index is 0.0532. The predicted octanol–water partition coefficient (Wildman–Crippen LogP) is 3.61. The molecule has 16 heavy (non-hydrogen) atoms. The third-order valence-electron chi connectivity index (χ3n) is 3.20. The largest absolute Gasteiger partial charge is 0.375 e. The van der Waals surface area contributed by atoms with Crippen LogP contribution in [0.4, 0.5) is 0 Å². The topological polar surface area (TPSA) is 21.3 Å². The summed E-state index contributed by atoms with van der Waals surface area (Å²) in [6, 6.07) is 0.617. The summed E-state index contributed by atoms with van der Waals surface area (Å²) < 4.78 is 5.98. The summed E-state index contributed by atoms with van der Waals surface area (Å²) in [5.41, 5.74) is 0.0532. The number of hydrogen-bond acceptors (Lipinski definition) is 2. The van der Waals surface area contributed by atoms with Gasteiger partial charge in [-0.2, -0.15) is 0 Å². The zero-order chi connectivity index (χ0) is 12.6. The lowest BCUT2D eigenvalue weighted by Crippen LogP contribution is -2.27. The van der Waals surface area contributed by atoms with Gasteiger partial charge in [0.15, 0.2) is 0 Å². The molecule has 0 aromatic carbocycles. The van der Waals surface area contributed by atoms with Crippen molar-refractivity contribution in [2.45, 2.75) is 71.9 Å². The first-order valence-corrected chi connectivity index (χ1v) is 6.72. The average Bonchev–Trinajstić information content (AvgIpc) is 2.23. The van der Waals surface area contributed by atoms with Crippen LogP contribution in [0.5, 0.6) is 0 Å². The van der Waals surface area contributed by atoms with Crippen molar-refractivity contribution in [3.8, 4) is 0 Å². The summed E-state index contributed by atoms with van der Waals surface area (Å²) in [6.07, 6.45) is 4.81. The maximum Gasteiger partial charge on any atom is 0.0626 e. The SMILES string of the molecule is CCCC(C)(C)OCC(C)CCC(C)NC. The minimum atomic E-state index is 0.0532. The molecule has 2 atom stereocenters. The standard InChI is InChI=1S/C14H31NO/c1-7-10-14(4,5)16-11-12(2)8-9-13(3)15-6/h12-13,15H,7-11H2,1-6H3. The van der Waals surface area contributed by atoms with Gasteiger partial charge in [-0.1, -0.05) is 20.3 Å². The van der Waals surface area contributed by atoms with Gasteiger partial charge in [0.1, 0.15) is 0 Å². The summed E-state index contributed by atoms with van der Waals surface area (Å²) >= 11 is 0. The van der Waals surface area contributed by atoms with Crippen LogP contribution in [0.15, 0.2) is 0 Å². The lowest BCUT2D eigenvalue weighted by Gasteiger charge is -2.27. The van der Waals surface area contributed by atoms with Gasteiger partial charge in [-0.15, -0.1) is 0 Å². The van der Waals surface area contributed by atoms with Crippen molar-refractivity contribution in [2.75, 3.05) is 13.7 Å². The Bertz CT molecular complexity index is 168. The fourth-order valence-corrected chi connectivity index (χ4v) is 1.80. The molecule has 0 aliphatic carbocycles. The molecule has 0 spiro atoms. The summed E-state index contributed by atoms with van der Waals surface area (Å²) in [4.78, 5) is 0. The van der Waals surface area contributed by atoms with E-state index in [1.165, 1.54) is 19.3 Å². The Morgan fingerprint density at radius 1 is 1.19 bits per heavy atom. The molecule has 98 valence electrons. The highest BCUT2D eigenvalue weighted by Gasteiger charge is 2.18. The third-order valence-corrected chi connectivity index (χ3v) is 3.20. The average molecular weight is 229 g/mol. The van der Waals surface area contributed by atoms with Gasteiger partial charge in [-0.25, -0.2) is 0 Å². The molecule has 2 heteroatoms. The molecule has 1 N–H and O–H groups in total. The van der Waals surface area contributed by atoms with Gasteiger partial charge in [0.05, 0.1) is 5.60 Å². The van der Waals surface area contributed by atoms with E-state index in [1.54, 1.807) is 0 Å². The summed E-state index contributed by atoms with van der Waals surface area (Å²) in [7, 11) is 2.02. The molecule has 0 aliphatic rings. The molecule has 0 fully saturated rings. The molecule has 0 heterocycles. The van der Waals surface area contributed by atoms with Gasteiger partial charge in [-0.05, 0) is 53.0 Å². The second-order valence-electron chi connectivity index (χ2n) is 5.69. The molecule has 0 radical (unpaired) electrons. The molecular formula is C14H31NO. The second-order valence-corrected chi connectivity index (χ2v) is 5.69. The van der Waals surface area contributed by atoms with E-state index < -0.39 is 0 Å². The van der Waals surface area contributed by atoms with E-state index in [4.69, 9.17) is 4.74 Å². The van der Waals surface area contributed by atoms with E-state index in [1.807, 2.05) is 7.05 Å². The first-order chi connectivity index (χ1) is 7.41. The van der Waals surface area contributed by atoms with Crippen LogP contribution in [-0.2, 0) is 4.74 Å². The van der Waals surface area contributed by atoms with E-state index in [-0.39, 0.29) is 5.60 Å². The van der Waals surface area contributed by atoms with Gasteiger partial charge in [0.25, 0.3) is 0 Å². The van der Waals surface area contributed by atoms with Gasteiger partial charge in [-0.3, -0.25) is 0 Å². The molecule has 0 saturated carbocycles. The molecule has 0 bridgehead atoms. The second kappa shape index (κ2) is 8.08. The zero-order valence-electron chi connectivity index (χ0n) is 12.1. The summed E-state index contributed by atoms with van der Waals surface area (Å²) in [5, 5.41) is 3.27. The van der Waals surface area contributed by atoms with Crippen molar-refractivity contribution < 1.29 is 4.74 Å². The van der Waals surface area contributed by atoms with E-state index in [0.717, 1.165) is 13.0 Å². The molecule has 2 nitrogen and oxygen atoms in total. The van der Waals surface area contributed by atoms with Crippen LogP contribution in [0.3, 0.4) is 0 Å². The van der Waals surface area contributed by atoms with Crippen LogP contribution in [0.2, 0.25) is 0 Å². The van der Waals surface area contributed by atoms with Crippen molar-refractivity contribution in [1.82, 2.24) is 5.32 Å². The molecule has 0 aromatic rings. The van der Waals surface area contributed by atoms with Crippen molar-refractivity contribution >= 4 is 0 Å². The summed E-state index contributed by atoms with van der Waals surface area (Å²) in [6.45, 7) is 12.0. The highest BCUT2D eigenvalue weighted by molar-refractivity contribution is 4.68. The van der Waals surface area contributed by atoms with Crippen LogP contribution < -0.4 is 5.32 Å². The highest BCUT2D eigenvalue weighted by atomic mass is 16.5. The molecule has 0 aromatic heterocycles. The van der Waals surface area contributed by atoms with E-state index in [2.05, 4.69) is 39.9 Å². The molecule has 0 amide bonds. The van der Waals surface area contributed by atoms with Gasteiger partial charge >= 0.3 is 0 Å². The molecular weight excluding hydrogens is 198 g/mol. The van der Waals surface area contributed by atoms with Crippen molar-refractivity contribution in [1.29, 1.82) is 0 Å². The highest BCUT2D eigenvalue weighted by Crippen LogP contribution is 2.19. The molecule has 2 unspecified atom stereocenters. The normalized spacial score (nSPS) is 16.1. The first kappa shape index (κ1) is 15.9. The quantitative estimate of drug-likeness (QED) is 0.652. The number of ether oxygens (including phenoxy) is 1. The van der Waals surface area contributed by atoms with Crippen molar-refractivity contribution in [3.05, 3.63) is 0 Å². The zero-order valence-corrected chi connectivity index (χ0v) is 12.1. The fourth-order valence-electron chi connectivity index (χ4n) is 1.80. The molecule has 0 aliphatic heterocycles. The van der Waals surface area contributed by atoms with Gasteiger partial charge in [0.2, 0.25) is 0 Å². The molecule has 0 rings (SSSR count). The van der Waals surface area contributed by atoms with Crippen molar-refractivity contribution in [3.63, 3.8) is 0 Å². The number of hydrogen-bond donors (Lipinski definition) is 1.